The number of fused-ring (bicyclic) bond motifs is 4. The molecule has 4 aromatic rings. The van der Waals surface area contributed by atoms with Crippen LogP contribution in [0.3, 0.4) is 0 Å². The minimum atomic E-state index is -0.762. The van der Waals surface area contributed by atoms with Gasteiger partial charge in [0, 0.05) is 11.6 Å². The van der Waals surface area contributed by atoms with E-state index in [0.29, 0.717) is 16.3 Å². The number of carbonyl (C=O) groups excluding carboxylic acids is 4. The van der Waals surface area contributed by atoms with E-state index in [2.05, 4.69) is 29.6 Å². The molecular weight excluding hydrogens is 496 g/mol. The lowest BCUT2D eigenvalue weighted by Gasteiger charge is -2.15. The van der Waals surface area contributed by atoms with Crippen LogP contribution >= 0.6 is 0 Å². The molecule has 0 saturated heterocycles. The first-order chi connectivity index (χ1) is 19.0. The van der Waals surface area contributed by atoms with Gasteiger partial charge >= 0.3 is 12.1 Å². The fraction of sp³-hybridized carbons (Fsp3) is 0.0968. The lowest BCUT2D eigenvalue weighted by Crippen LogP contribution is -2.33. The predicted molar refractivity (Wildman–Crippen MR) is 142 cm³/mol. The summed E-state index contributed by atoms with van der Waals surface area (Å²) in [7, 11) is 0. The average Bonchev–Trinajstić information content (AvgIpc) is 3.40. The quantitative estimate of drug-likeness (QED) is 0.346. The highest BCUT2D eigenvalue weighted by Crippen LogP contribution is 2.44. The molecule has 3 amide bonds. The summed E-state index contributed by atoms with van der Waals surface area (Å²) in [6.07, 6.45) is -0.756. The van der Waals surface area contributed by atoms with E-state index >= 15 is 0 Å². The van der Waals surface area contributed by atoms with E-state index in [1.807, 2.05) is 24.3 Å². The van der Waals surface area contributed by atoms with Crippen molar-refractivity contribution in [2.75, 3.05) is 11.9 Å². The van der Waals surface area contributed by atoms with Gasteiger partial charge in [-0.05, 0) is 52.1 Å². The van der Waals surface area contributed by atoms with Crippen LogP contribution in [-0.4, -0.2) is 35.5 Å². The second kappa shape index (κ2) is 9.90. The van der Waals surface area contributed by atoms with Crippen molar-refractivity contribution in [3.05, 3.63) is 125 Å². The van der Waals surface area contributed by atoms with Crippen molar-refractivity contribution in [3.8, 4) is 11.1 Å². The standard InChI is InChI=1S/C31H22N2O6/c34-28(39-33-29(35)25-11-5-6-12-26(25)30(33)36)17-19-13-15-20(16-14-19)32-31(37)38-18-27-23-9-3-1-7-21(23)22-8-2-4-10-24(22)27/h1-16,27H,17-18H2,(H,32,37). The van der Waals surface area contributed by atoms with Crippen LogP contribution in [0.25, 0.3) is 11.1 Å². The van der Waals surface area contributed by atoms with E-state index in [9.17, 15) is 19.2 Å². The second-order valence-corrected chi connectivity index (χ2v) is 9.24. The zero-order valence-electron chi connectivity index (χ0n) is 20.6. The Kier molecular flexibility index (Phi) is 6.13. The molecule has 1 aliphatic heterocycles. The summed E-state index contributed by atoms with van der Waals surface area (Å²) in [4.78, 5) is 54.7. The van der Waals surface area contributed by atoms with E-state index in [1.54, 1.807) is 36.4 Å². The largest absolute Gasteiger partial charge is 0.448 e. The first-order valence-electron chi connectivity index (χ1n) is 12.4. The van der Waals surface area contributed by atoms with Crippen molar-refractivity contribution >= 4 is 29.6 Å². The lowest BCUT2D eigenvalue weighted by atomic mass is 9.98. The number of rotatable bonds is 6. The Labute approximate surface area is 223 Å². The number of hydrogen-bond donors (Lipinski definition) is 1. The smallest absolute Gasteiger partial charge is 0.411 e. The van der Waals surface area contributed by atoms with Crippen molar-refractivity contribution in [3.63, 3.8) is 0 Å². The van der Waals surface area contributed by atoms with E-state index in [0.717, 1.165) is 22.3 Å². The van der Waals surface area contributed by atoms with Crippen LogP contribution in [0.2, 0.25) is 0 Å². The molecule has 0 aromatic heterocycles. The minimum absolute atomic E-state index is 0.0429. The number of carbonyl (C=O) groups is 4. The number of hydrogen-bond acceptors (Lipinski definition) is 6. The Hall–Kier alpha value is -5.24. The topological polar surface area (TPSA) is 102 Å². The van der Waals surface area contributed by atoms with Crippen LogP contribution in [0.1, 0.15) is 43.3 Å². The number of nitrogens with one attached hydrogen (secondary N) is 1. The molecule has 0 fully saturated rings. The summed E-state index contributed by atoms with van der Waals surface area (Å²) >= 11 is 0. The SMILES string of the molecule is O=C(Cc1ccc(NC(=O)OCC2c3ccccc3-c3ccccc32)cc1)ON1C(=O)c2ccccc2C1=O. The number of benzene rings is 4. The molecule has 6 rings (SSSR count). The molecule has 1 aliphatic carbocycles. The van der Waals surface area contributed by atoms with Crippen molar-refractivity contribution < 1.29 is 28.8 Å². The van der Waals surface area contributed by atoms with E-state index in [4.69, 9.17) is 9.57 Å². The van der Waals surface area contributed by atoms with Crippen LogP contribution in [0, 0.1) is 0 Å². The van der Waals surface area contributed by atoms with Gasteiger partial charge in [-0.25, -0.2) is 9.59 Å². The van der Waals surface area contributed by atoms with Crippen molar-refractivity contribution in [2.24, 2.45) is 0 Å². The lowest BCUT2D eigenvalue weighted by molar-refractivity contribution is -0.167. The van der Waals surface area contributed by atoms with Crippen LogP contribution in [0.15, 0.2) is 97.1 Å². The van der Waals surface area contributed by atoms with Gasteiger partial charge in [0.15, 0.2) is 0 Å². The molecule has 0 atom stereocenters. The molecule has 192 valence electrons. The van der Waals surface area contributed by atoms with Crippen LogP contribution < -0.4 is 5.32 Å². The summed E-state index contributed by atoms with van der Waals surface area (Å²) in [5.41, 5.74) is 6.02. The highest BCUT2D eigenvalue weighted by molar-refractivity contribution is 6.20. The Bertz CT molecular complexity index is 1550. The summed E-state index contributed by atoms with van der Waals surface area (Å²) in [6, 6.07) is 29.0. The summed E-state index contributed by atoms with van der Waals surface area (Å²) in [5, 5.41) is 3.19. The molecule has 39 heavy (non-hydrogen) atoms. The number of anilines is 1. The number of ether oxygens (including phenoxy) is 1. The molecule has 8 heteroatoms. The summed E-state index contributed by atoms with van der Waals surface area (Å²) in [5.74, 6) is -2.15. The van der Waals surface area contributed by atoms with Crippen molar-refractivity contribution in [1.82, 2.24) is 5.06 Å². The Balaban J connectivity index is 1.03. The van der Waals surface area contributed by atoms with Crippen LogP contribution in [-0.2, 0) is 20.8 Å². The molecule has 0 radical (unpaired) electrons. The average molecular weight is 519 g/mol. The van der Waals surface area contributed by atoms with Gasteiger partial charge in [0.25, 0.3) is 11.8 Å². The number of amides is 3. The molecule has 0 saturated carbocycles. The van der Waals surface area contributed by atoms with Crippen molar-refractivity contribution in [2.45, 2.75) is 12.3 Å². The van der Waals surface area contributed by atoms with E-state index in [1.165, 1.54) is 12.1 Å². The van der Waals surface area contributed by atoms with Gasteiger partial charge in [-0.15, -0.1) is 0 Å². The number of nitrogens with zero attached hydrogens (tertiary/aromatic N) is 1. The summed E-state index contributed by atoms with van der Waals surface area (Å²) in [6.45, 7) is 0.196. The molecule has 0 unspecified atom stereocenters. The first-order valence-corrected chi connectivity index (χ1v) is 12.4. The normalized spacial score (nSPS) is 13.5. The summed E-state index contributed by atoms with van der Waals surface area (Å²) < 4.78 is 5.57. The van der Waals surface area contributed by atoms with Gasteiger partial charge in [-0.3, -0.25) is 14.9 Å². The molecule has 4 aromatic carbocycles. The van der Waals surface area contributed by atoms with Gasteiger partial charge in [0.1, 0.15) is 6.61 Å². The second-order valence-electron chi connectivity index (χ2n) is 9.24. The molecule has 1 heterocycles. The third-order valence-electron chi connectivity index (χ3n) is 6.84. The maximum atomic E-state index is 12.5. The molecule has 0 bridgehead atoms. The number of hydroxylamine groups is 2. The van der Waals surface area contributed by atoms with Crippen molar-refractivity contribution in [1.29, 1.82) is 0 Å². The van der Waals surface area contributed by atoms with Gasteiger partial charge in [0.05, 0.1) is 17.5 Å². The Morgan fingerprint density at radius 3 is 1.77 bits per heavy atom. The Morgan fingerprint density at radius 1 is 0.692 bits per heavy atom. The highest BCUT2D eigenvalue weighted by Gasteiger charge is 2.38. The monoisotopic (exact) mass is 518 g/mol. The first kappa shape index (κ1) is 24.1. The predicted octanol–water partition coefficient (Wildman–Crippen LogP) is 5.34. The fourth-order valence-electron chi connectivity index (χ4n) is 5.01. The minimum Gasteiger partial charge on any atom is -0.448 e. The zero-order valence-corrected chi connectivity index (χ0v) is 20.6. The highest BCUT2D eigenvalue weighted by atomic mass is 16.7. The van der Waals surface area contributed by atoms with Crippen LogP contribution in [0.5, 0.6) is 0 Å². The third kappa shape index (κ3) is 4.53. The third-order valence-corrected chi connectivity index (χ3v) is 6.84. The maximum absolute atomic E-state index is 12.5. The van der Waals surface area contributed by atoms with E-state index in [-0.39, 0.29) is 30.1 Å². The molecule has 1 N–H and O–H groups in total. The van der Waals surface area contributed by atoms with Crippen LogP contribution in [0.4, 0.5) is 10.5 Å². The van der Waals surface area contributed by atoms with Gasteiger partial charge in [-0.2, -0.15) is 0 Å². The number of imide groups is 1. The van der Waals surface area contributed by atoms with E-state index < -0.39 is 23.9 Å². The van der Waals surface area contributed by atoms with Gasteiger partial charge < -0.3 is 9.57 Å². The zero-order chi connectivity index (χ0) is 26.9. The Morgan fingerprint density at radius 2 is 1.21 bits per heavy atom. The van der Waals surface area contributed by atoms with Gasteiger partial charge in [0.2, 0.25) is 0 Å². The maximum Gasteiger partial charge on any atom is 0.411 e. The molecule has 2 aliphatic rings. The van der Waals surface area contributed by atoms with Gasteiger partial charge in [-0.1, -0.05) is 77.9 Å². The molecule has 8 nitrogen and oxygen atoms in total. The molecular formula is C31H22N2O6. The fourth-order valence-corrected chi connectivity index (χ4v) is 5.01. The molecule has 0 spiro atoms.